The van der Waals surface area contributed by atoms with Crippen molar-refractivity contribution >= 4 is 22.6 Å². The van der Waals surface area contributed by atoms with Crippen LogP contribution < -0.4 is 4.74 Å². The van der Waals surface area contributed by atoms with Gasteiger partial charge in [0, 0.05) is 11.9 Å². The third kappa shape index (κ3) is 2.74. The number of carbonyl (C=O) groups excluding carboxylic acids is 1. The summed E-state index contributed by atoms with van der Waals surface area (Å²) in [7, 11) is 0. The minimum atomic E-state index is -0.948. The highest BCUT2D eigenvalue weighted by molar-refractivity contribution is 5.89. The lowest BCUT2D eigenvalue weighted by atomic mass is 10.1. The molecule has 0 unspecified atom stereocenters. The van der Waals surface area contributed by atoms with Crippen molar-refractivity contribution in [1.82, 2.24) is 4.90 Å². The number of hydrogen-bond donors (Lipinski definition) is 1. The molecule has 1 aliphatic heterocycles. The van der Waals surface area contributed by atoms with Gasteiger partial charge in [-0.1, -0.05) is 36.4 Å². The van der Waals surface area contributed by atoms with Gasteiger partial charge < -0.3 is 14.7 Å². The molecule has 0 spiro atoms. The molecule has 1 heterocycles. The van der Waals surface area contributed by atoms with E-state index in [1.54, 1.807) is 0 Å². The van der Waals surface area contributed by atoms with Crippen LogP contribution in [0.15, 0.2) is 42.5 Å². The second kappa shape index (κ2) is 6.05. The predicted molar refractivity (Wildman–Crippen MR) is 81.8 cm³/mol. The Hall–Kier alpha value is -2.56. The summed E-state index contributed by atoms with van der Waals surface area (Å²) in [4.78, 5) is 24.7. The zero-order chi connectivity index (χ0) is 15.5. The molecule has 2 aromatic rings. The number of aliphatic carboxylic acids is 1. The molecule has 0 aromatic heterocycles. The van der Waals surface area contributed by atoms with Gasteiger partial charge in [0.05, 0.1) is 0 Å². The van der Waals surface area contributed by atoms with Gasteiger partial charge in [0.2, 0.25) is 0 Å². The fourth-order valence-electron chi connectivity index (χ4n) is 2.87. The lowest BCUT2D eigenvalue weighted by Crippen LogP contribution is -2.42. The molecule has 1 saturated heterocycles. The molecule has 0 radical (unpaired) electrons. The highest BCUT2D eigenvalue weighted by Crippen LogP contribution is 2.25. The Morgan fingerprint density at radius 3 is 2.77 bits per heavy atom. The van der Waals surface area contributed by atoms with Crippen molar-refractivity contribution in [2.75, 3.05) is 13.2 Å². The molecular formula is C17H17NO4. The first-order chi connectivity index (χ1) is 10.7. The van der Waals surface area contributed by atoms with Crippen molar-refractivity contribution < 1.29 is 19.4 Å². The number of fused-ring (bicyclic) bond motifs is 1. The van der Waals surface area contributed by atoms with Gasteiger partial charge in [-0.15, -0.1) is 0 Å². The summed E-state index contributed by atoms with van der Waals surface area (Å²) in [6.45, 7) is 0.340. The van der Waals surface area contributed by atoms with Crippen LogP contribution in [0.1, 0.15) is 12.8 Å². The van der Waals surface area contributed by atoms with Crippen LogP contribution in [0.4, 0.5) is 0 Å². The van der Waals surface area contributed by atoms with Crippen molar-refractivity contribution in [3.63, 3.8) is 0 Å². The van der Waals surface area contributed by atoms with E-state index in [1.165, 1.54) is 4.90 Å². The lowest BCUT2D eigenvalue weighted by molar-refractivity contribution is -0.148. The number of carboxylic acid groups (broad SMARTS) is 1. The van der Waals surface area contributed by atoms with Crippen molar-refractivity contribution in [3.05, 3.63) is 42.5 Å². The number of ether oxygens (including phenoxy) is 1. The second-order valence-corrected chi connectivity index (χ2v) is 5.35. The molecule has 0 saturated carbocycles. The first-order valence-corrected chi connectivity index (χ1v) is 7.29. The molecule has 114 valence electrons. The maximum absolute atomic E-state index is 12.2. The maximum atomic E-state index is 12.2. The minimum Gasteiger partial charge on any atom is -0.483 e. The first kappa shape index (κ1) is 14.4. The third-order valence-corrected chi connectivity index (χ3v) is 3.96. The van der Waals surface area contributed by atoms with Crippen LogP contribution in [0, 0.1) is 0 Å². The van der Waals surface area contributed by atoms with Crippen molar-refractivity contribution in [2.45, 2.75) is 18.9 Å². The number of carboxylic acids is 1. The lowest BCUT2D eigenvalue weighted by Gasteiger charge is -2.21. The Morgan fingerprint density at radius 2 is 1.95 bits per heavy atom. The van der Waals surface area contributed by atoms with E-state index in [2.05, 4.69) is 0 Å². The van der Waals surface area contributed by atoms with E-state index < -0.39 is 12.0 Å². The standard InChI is InChI=1S/C17H17NO4/c19-16(18-10-4-8-14(18)17(20)21)11-22-15-9-3-6-12-5-1-2-7-13(12)15/h1-3,5-7,9,14H,4,8,10-11H2,(H,20,21)/t14-/m1/s1. The quantitative estimate of drug-likeness (QED) is 0.940. The Balaban J connectivity index is 1.71. The molecular weight excluding hydrogens is 282 g/mol. The molecule has 3 rings (SSSR count). The highest BCUT2D eigenvalue weighted by atomic mass is 16.5. The highest BCUT2D eigenvalue weighted by Gasteiger charge is 2.33. The zero-order valence-corrected chi connectivity index (χ0v) is 12.1. The van der Waals surface area contributed by atoms with Crippen molar-refractivity contribution in [2.24, 2.45) is 0 Å². The third-order valence-electron chi connectivity index (χ3n) is 3.96. The molecule has 1 fully saturated rings. The summed E-state index contributed by atoms with van der Waals surface area (Å²) >= 11 is 0. The molecule has 5 nitrogen and oxygen atoms in total. The van der Waals surface area contributed by atoms with Crippen LogP contribution in [0.5, 0.6) is 5.75 Å². The maximum Gasteiger partial charge on any atom is 0.326 e. The van der Waals surface area contributed by atoms with E-state index in [1.807, 2.05) is 42.5 Å². The summed E-state index contributed by atoms with van der Waals surface area (Å²) in [5.41, 5.74) is 0. The monoisotopic (exact) mass is 299 g/mol. The Labute approximate surface area is 128 Å². The smallest absolute Gasteiger partial charge is 0.326 e. The van der Waals surface area contributed by atoms with Crippen LogP contribution in [0.25, 0.3) is 10.8 Å². The molecule has 22 heavy (non-hydrogen) atoms. The van der Waals surface area contributed by atoms with Crippen LogP contribution in [-0.4, -0.2) is 41.1 Å². The van der Waals surface area contributed by atoms with Gasteiger partial charge in [0.25, 0.3) is 5.91 Å². The molecule has 1 atom stereocenters. The zero-order valence-electron chi connectivity index (χ0n) is 12.1. The Morgan fingerprint density at radius 1 is 1.18 bits per heavy atom. The number of benzene rings is 2. The van der Waals surface area contributed by atoms with Gasteiger partial charge in [-0.05, 0) is 24.3 Å². The van der Waals surface area contributed by atoms with Crippen LogP contribution in [-0.2, 0) is 9.59 Å². The number of amides is 1. The average Bonchev–Trinajstić information content (AvgIpc) is 3.02. The summed E-state index contributed by atoms with van der Waals surface area (Å²) in [5, 5.41) is 11.1. The summed E-state index contributed by atoms with van der Waals surface area (Å²) in [5.74, 6) is -0.591. The van der Waals surface area contributed by atoms with Crippen LogP contribution in [0.2, 0.25) is 0 Å². The first-order valence-electron chi connectivity index (χ1n) is 7.29. The van der Waals surface area contributed by atoms with E-state index in [0.717, 1.165) is 17.2 Å². The second-order valence-electron chi connectivity index (χ2n) is 5.35. The van der Waals surface area contributed by atoms with Gasteiger partial charge in [-0.2, -0.15) is 0 Å². The number of nitrogens with zero attached hydrogens (tertiary/aromatic N) is 1. The Bertz CT molecular complexity index is 707. The van der Waals surface area contributed by atoms with Gasteiger partial charge >= 0.3 is 5.97 Å². The topological polar surface area (TPSA) is 66.8 Å². The molecule has 0 aliphatic carbocycles. The normalized spacial score (nSPS) is 17.6. The van der Waals surface area contributed by atoms with E-state index in [4.69, 9.17) is 9.84 Å². The van der Waals surface area contributed by atoms with Crippen molar-refractivity contribution in [1.29, 1.82) is 0 Å². The number of likely N-dealkylation sites (tertiary alicyclic amines) is 1. The minimum absolute atomic E-state index is 0.141. The summed E-state index contributed by atoms with van der Waals surface area (Å²) in [6.07, 6.45) is 1.23. The van der Waals surface area contributed by atoms with Gasteiger partial charge in [-0.3, -0.25) is 4.79 Å². The van der Waals surface area contributed by atoms with Gasteiger partial charge in [-0.25, -0.2) is 4.79 Å². The summed E-state index contributed by atoms with van der Waals surface area (Å²) in [6, 6.07) is 12.7. The molecule has 1 amide bonds. The average molecular weight is 299 g/mol. The molecule has 0 bridgehead atoms. The molecule has 2 aromatic carbocycles. The fraction of sp³-hybridized carbons (Fsp3) is 0.294. The van der Waals surface area contributed by atoms with E-state index in [9.17, 15) is 9.59 Å². The SMILES string of the molecule is O=C(O)[C@H]1CCCN1C(=O)COc1cccc2ccccc12. The van der Waals surface area contributed by atoms with Gasteiger partial charge in [0.15, 0.2) is 6.61 Å². The van der Waals surface area contributed by atoms with Gasteiger partial charge in [0.1, 0.15) is 11.8 Å². The van der Waals surface area contributed by atoms with E-state index >= 15 is 0 Å². The number of hydrogen-bond acceptors (Lipinski definition) is 3. The number of carbonyl (C=O) groups is 2. The summed E-state index contributed by atoms with van der Waals surface area (Å²) < 4.78 is 5.64. The fourth-order valence-corrected chi connectivity index (χ4v) is 2.87. The van der Waals surface area contributed by atoms with Crippen molar-refractivity contribution in [3.8, 4) is 5.75 Å². The predicted octanol–water partition coefficient (Wildman–Crippen LogP) is 2.29. The van der Waals surface area contributed by atoms with E-state index in [0.29, 0.717) is 18.7 Å². The van der Waals surface area contributed by atoms with Crippen LogP contribution >= 0.6 is 0 Å². The van der Waals surface area contributed by atoms with E-state index in [-0.39, 0.29) is 12.5 Å². The largest absolute Gasteiger partial charge is 0.483 e. The molecule has 1 N–H and O–H groups in total. The number of rotatable bonds is 4. The molecule has 5 heteroatoms. The Kier molecular flexibility index (Phi) is 3.96. The molecule has 1 aliphatic rings. The van der Waals surface area contributed by atoms with Crippen LogP contribution in [0.3, 0.4) is 0 Å².